The van der Waals surface area contributed by atoms with E-state index in [0.29, 0.717) is 12.2 Å². The summed E-state index contributed by atoms with van der Waals surface area (Å²) < 4.78 is 25.8. The number of carbonyl (C=O) groups is 1. The number of rotatable bonds is 6. The quantitative estimate of drug-likeness (QED) is 0.796. The molecule has 0 aliphatic carbocycles. The molecular weight excluding hydrogens is 336 g/mol. The maximum Gasteiger partial charge on any atom is 0.246 e. The molecule has 0 aliphatic rings. The normalized spacial score (nSPS) is 12.5. The first-order valence-corrected chi connectivity index (χ1v) is 9.90. The topological polar surface area (TPSA) is 57.7 Å². The van der Waals surface area contributed by atoms with E-state index in [2.05, 4.69) is 0 Å². The van der Waals surface area contributed by atoms with Crippen molar-refractivity contribution < 1.29 is 13.2 Å². The minimum atomic E-state index is -3.60. The van der Waals surface area contributed by atoms with Crippen LogP contribution in [-0.2, 0) is 21.4 Å². The zero-order chi connectivity index (χ0) is 18.6. The lowest BCUT2D eigenvalue weighted by Crippen LogP contribution is -2.48. The average molecular weight is 360 g/mol. The fourth-order valence-corrected chi connectivity index (χ4v) is 3.98. The van der Waals surface area contributed by atoms with Crippen molar-refractivity contribution in [3.63, 3.8) is 0 Å². The zero-order valence-corrected chi connectivity index (χ0v) is 15.8. The monoisotopic (exact) mass is 360 g/mol. The number of benzene rings is 2. The Morgan fingerprint density at radius 3 is 2.28 bits per heavy atom. The first-order valence-electron chi connectivity index (χ1n) is 8.05. The molecule has 1 atom stereocenters. The van der Waals surface area contributed by atoms with Gasteiger partial charge in [0.15, 0.2) is 0 Å². The number of likely N-dealkylation sites (N-methyl/N-ethyl adjacent to an activating group) is 1. The number of amides is 1. The molecule has 0 spiro atoms. The van der Waals surface area contributed by atoms with Gasteiger partial charge in [0, 0.05) is 13.6 Å². The van der Waals surface area contributed by atoms with Crippen LogP contribution in [0, 0.1) is 6.92 Å². The van der Waals surface area contributed by atoms with Crippen LogP contribution in [0.2, 0.25) is 0 Å². The van der Waals surface area contributed by atoms with Crippen molar-refractivity contribution >= 4 is 21.6 Å². The molecule has 0 unspecified atom stereocenters. The maximum absolute atomic E-state index is 12.8. The summed E-state index contributed by atoms with van der Waals surface area (Å²) >= 11 is 0. The minimum Gasteiger partial charge on any atom is -0.340 e. The van der Waals surface area contributed by atoms with Crippen molar-refractivity contribution in [1.82, 2.24) is 4.90 Å². The van der Waals surface area contributed by atoms with E-state index in [4.69, 9.17) is 0 Å². The standard InChI is InChI=1S/C19H24N2O3S/c1-15-9-8-12-18(13-15)21(25(4,23)24)16(2)19(22)20(3)14-17-10-6-5-7-11-17/h5-13,16H,14H2,1-4H3/t16-/m1/s1. The van der Waals surface area contributed by atoms with E-state index >= 15 is 0 Å². The molecule has 0 saturated heterocycles. The third kappa shape index (κ3) is 4.82. The summed E-state index contributed by atoms with van der Waals surface area (Å²) in [5.74, 6) is -0.254. The van der Waals surface area contributed by atoms with Gasteiger partial charge in [-0.05, 0) is 37.1 Å². The van der Waals surface area contributed by atoms with Gasteiger partial charge in [0.25, 0.3) is 0 Å². The largest absolute Gasteiger partial charge is 0.340 e. The summed E-state index contributed by atoms with van der Waals surface area (Å²) in [5, 5.41) is 0. The number of carbonyl (C=O) groups excluding carboxylic acids is 1. The van der Waals surface area contributed by atoms with Gasteiger partial charge in [-0.1, -0.05) is 42.5 Å². The highest BCUT2D eigenvalue weighted by atomic mass is 32.2. The van der Waals surface area contributed by atoms with Crippen LogP contribution in [0.3, 0.4) is 0 Å². The molecule has 6 heteroatoms. The average Bonchev–Trinajstić information content (AvgIpc) is 2.54. The van der Waals surface area contributed by atoms with Gasteiger partial charge in [0.1, 0.15) is 6.04 Å². The van der Waals surface area contributed by atoms with E-state index in [0.717, 1.165) is 17.4 Å². The molecule has 2 aromatic carbocycles. The molecule has 0 bridgehead atoms. The van der Waals surface area contributed by atoms with Crippen molar-refractivity contribution in [3.8, 4) is 0 Å². The number of anilines is 1. The smallest absolute Gasteiger partial charge is 0.246 e. The highest BCUT2D eigenvalue weighted by Crippen LogP contribution is 2.23. The van der Waals surface area contributed by atoms with Crippen LogP contribution in [0.4, 0.5) is 5.69 Å². The Hall–Kier alpha value is -2.34. The fourth-order valence-electron chi connectivity index (χ4n) is 2.82. The van der Waals surface area contributed by atoms with E-state index in [-0.39, 0.29) is 5.91 Å². The summed E-state index contributed by atoms with van der Waals surface area (Å²) in [7, 11) is -1.92. The molecule has 2 rings (SSSR count). The van der Waals surface area contributed by atoms with Crippen LogP contribution in [0.5, 0.6) is 0 Å². The minimum absolute atomic E-state index is 0.254. The third-order valence-corrected chi connectivity index (χ3v) is 5.20. The summed E-state index contributed by atoms with van der Waals surface area (Å²) in [4.78, 5) is 14.4. The van der Waals surface area contributed by atoms with Crippen LogP contribution >= 0.6 is 0 Å². The lowest BCUT2D eigenvalue weighted by atomic mass is 10.2. The molecule has 134 valence electrons. The Morgan fingerprint density at radius 2 is 1.72 bits per heavy atom. The lowest BCUT2D eigenvalue weighted by Gasteiger charge is -2.31. The summed E-state index contributed by atoms with van der Waals surface area (Å²) in [6.07, 6.45) is 1.12. The highest BCUT2D eigenvalue weighted by molar-refractivity contribution is 7.92. The van der Waals surface area contributed by atoms with Crippen molar-refractivity contribution in [2.24, 2.45) is 0 Å². The molecule has 2 aromatic rings. The predicted octanol–water partition coefficient (Wildman–Crippen LogP) is 2.81. The SMILES string of the molecule is Cc1cccc(N([C@H](C)C(=O)N(C)Cc2ccccc2)S(C)(=O)=O)c1. The van der Waals surface area contributed by atoms with Crippen molar-refractivity contribution in [1.29, 1.82) is 0 Å². The number of nitrogens with zero attached hydrogens (tertiary/aromatic N) is 2. The van der Waals surface area contributed by atoms with Crippen LogP contribution in [0.1, 0.15) is 18.1 Å². The van der Waals surface area contributed by atoms with Crippen LogP contribution < -0.4 is 4.31 Å². The first kappa shape index (κ1) is 19.0. The maximum atomic E-state index is 12.8. The molecule has 0 radical (unpaired) electrons. The van der Waals surface area contributed by atoms with Gasteiger partial charge in [0.05, 0.1) is 11.9 Å². The molecule has 25 heavy (non-hydrogen) atoms. The van der Waals surface area contributed by atoms with E-state index in [1.807, 2.05) is 43.3 Å². The van der Waals surface area contributed by atoms with Gasteiger partial charge in [-0.25, -0.2) is 8.42 Å². The molecule has 0 aromatic heterocycles. The van der Waals surface area contributed by atoms with Gasteiger partial charge in [-0.15, -0.1) is 0 Å². The predicted molar refractivity (Wildman–Crippen MR) is 101 cm³/mol. The Bertz CT molecular complexity index is 835. The van der Waals surface area contributed by atoms with Crippen molar-refractivity contribution in [2.45, 2.75) is 26.4 Å². The number of sulfonamides is 1. The van der Waals surface area contributed by atoms with Gasteiger partial charge in [0.2, 0.25) is 15.9 Å². The number of hydrogen-bond donors (Lipinski definition) is 0. The van der Waals surface area contributed by atoms with Crippen LogP contribution in [0.15, 0.2) is 54.6 Å². The highest BCUT2D eigenvalue weighted by Gasteiger charge is 2.30. The van der Waals surface area contributed by atoms with E-state index in [1.165, 1.54) is 4.31 Å². The van der Waals surface area contributed by atoms with Gasteiger partial charge >= 0.3 is 0 Å². The van der Waals surface area contributed by atoms with Crippen LogP contribution in [0.25, 0.3) is 0 Å². The first-order chi connectivity index (χ1) is 11.7. The molecule has 5 nitrogen and oxygen atoms in total. The third-order valence-electron chi connectivity index (χ3n) is 3.96. The van der Waals surface area contributed by atoms with Crippen LogP contribution in [-0.4, -0.2) is 38.6 Å². The summed E-state index contributed by atoms with van der Waals surface area (Å²) in [6.45, 7) is 3.93. The molecule has 0 heterocycles. The van der Waals surface area contributed by atoms with Gasteiger partial charge < -0.3 is 4.90 Å². The summed E-state index contributed by atoms with van der Waals surface area (Å²) in [5.41, 5.74) is 2.42. The second-order valence-electron chi connectivity index (χ2n) is 6.25. The molecule has 1 amide bonds. The van der Waals surface area contributed by atoms with E-state index in [9.17, 15) is 13.2 Å². The molecule has 0 aliphatic heterocycles. The molecule has 0 saturated carbocycles. The van der Waals surface area contributed by atoms with Crippen molar-refractivity contribution in [2.75, 3.05) is 17.6 Å². The Kier molecular flexibility index (Phi) is 5.85. The van der Waals surface area contributed by atoms with E-state index in [1.54, 1.807) is 37.1 Å². The fraction of sp³-hybridized carbons (Fsp3) is 0.316. The Labute approximate surface area is 149 Å². The Balaban J connectivity index is 2.27. The van der Waals surface area contributed by atoms with Gasteiger partial charge in [-0.3, -0.25) is 9.10 Å². The molecule has 0 fully saturated rings. The lowest BCUT2D eigenvalue weighted by molar-refractivity contribution is -0.131. The number of aryl methyl sites for hydroxylation is 1. The van der Waals surface area contributed by atoms with Crippen molar-refractivity contribution in [3.05, 3.63) is 65.7 Å². The van der Waals surface area contributed by atoms with Gasteiger partial charge in [-0.2, -0.15) is 0 Å². The zero-order valence-electron chi connectivity index (χ0n) is 15.0. The molecule has 0 N–H and O–H groups in total. The Morgan fingerprint density at radius 1 is 1.08 bits per heavy atom. The molecular formula is C19H24N2O3S. The second-order valence-corrected chi connectivity index (χ2v) is 8.11. The number of hydrogen-bond acceptors (Lipinski definition) is 3. The summed E-state index contributed by atoms with van der Waals surface area (Å²) in [6, 6.07) is 15.9. The second kappa shape index (κ2) is 7.70. The van der Waals surface area contributed by atoms with E-state index < -0.39 is 16.1 Å².